The minimum Gasteiger partial charge on any atom is -0.304 e. The number of aromatic nitrogens is 2. The van der Waals surface area contributed by atoms with Gasteiger partial charge in [-0.1, -0.05) is 49.4 Å². The molecule has 0 saturated carbocycles. The molecule has 0 aliphatic rings. The molecule has 0 saturated heterocycles. The van der Waals surface area contributed by atoms with Crippen LogP contribution in [0.4, 0.5) is 0 Å². The molecule has 0 N–H and O–H groups in total. The lowest BCUT2D eigenvalue weighted by atomic mass is 10.1. The van der Waals surface area contributed by atoms with E-state index >= 15 is 0 Å². The molecule has 0 spiro atoms. The van der Waals surface area contributed by atoms with Crippen molar-refractivity contribution in [3.63, 3.8) is 0 Å². The summed E-state index contributed by atoms with van der Waals surface area (Å²) in [5, 5.41) is 0.699. The van der Waals surface area contributed by atoms with E-state index in [0.717, 1.165) is 44.4 Å². The highest BCUT2D eigenvalue weighted by Gasteiger charge is 2.05. The largest absolute Gasteiger partial charge is 0.304 e. The maximum absolute atomic E-state index is 12.5. The monoisotopic (exact) mass is 349 g/mol. The summed E-state index contributed by atoms with van der Waals surface area (Å²) in [5.41, 5.74) is 2.23. The third-order valence-corrected chi connectivity index (χ3v) is 4.83. The Balaban J connectivity index is 1.48. The van der Waals surface area contributed by atoms with Gasteiger partial charge in [0.2, 0.25) is 0 Å². The minimum atomic E-state index is 0.0581. The van der Waals surface area contributed by atoms with Crippen molar-refractivity contribution in [2.45, 2.75) is 32.7 Å². The van der Waals surface area contributed by atoms with Crippen LogP contribution in [0.5, 0.6) is 0 Å². The van der Waals surface area contributed by atoms with Crippen LogP contribution in [0.1, 0.15) is 25.3 Å². The molecule has 1 heterocycles. The highest BCUT2D eigenvalue weighted by Crippen LogP contribution is 2.06. The average Bonchev–Trinajstić information content (AvgIpc) is 2.69. The predicted molar refractivity (Wildman–Crippen MR) is 107 cm³/mol. The second-order valence-corrected chi connectivity index (χ2v) is 6.64. The van der Waals surface area contributed by atoms with Crippen molar-refractivity contribution in [3.8, 4) is 0 Å². The molecule has 3 rings (SSSR count). The van der Waals surface area contributed by atoms with Crippen molar-refractivity contribution < 1.29 is 0 Å². The van der Waals surface area contributed by atoms with Gasteiger partial charge in [0.1, 0.15) is 0 Å². The molecule has 3 aromatic rings. The summed E-state index contributed by atoms with van der Waals surface area (Å²) >= 11 is 0. The summed E-state index contributed by atoms with van der Waals surface area (Å²) in [6, 6.07) is 18.2. The van der Waals surface area contributed by atoms with Crippen molar-refractivity contribution in [1.82, 2.24) is 14.5 Å². The van der Waals surface area contributed by atoms with Gasteiger partial charge in [0.25, 0.3) is 5.56 Å². The normalized spacial score (nSPS) is 11.3. The van der Waals surface area contributed by atoms with E-state index in [9.17, 15) is 4.79 Å². The number of rotatable bonds is 9. The molecule has 0 atom stereocenters. The zero-order chi connectivity index (χ0) is 18.2. The first kappa shape index (κ1) is 18.3. The van der Waals surface area contributed by atoms with Crippen LogP contribution in [0.3, 0.4) is 0 Å². The van der Waals surface area contributed by atoms with Crippen molar-refractivity contribution in [2.75, 3.05) is 19.6 Å². The van der Waals surface area contributed by atoms with Crippen LogP contribution in [0.25, 0.3) is 10.9 Å². The molecule has 0 bridgehead atoms. The third kappa shape index (κ3) is 4.79. The van der Waals surface area contributed by atoms with E-state index in [-0.39, 0.29) is 5.56 Å². The Labute approximate surface area is 155 Å². The van der Waals surface area contributed by atoms with Crippen LogP contribution in [0.2, 0.25) is 0 Å². The Morgan fingerprint density at radius 1 is 0.962 bits per heavy atom. The molecular formula is C22H27N3O. The Kier molecular flexibility index (Phi) is 6.56. The van der Waals surface area contributed by atoms with Gasteiger partial charge in [-0.2, -0.15) is 0 Å². The Bertz CT molecular complexity index is 873. The van der Waals surface area contributed by atoms with E-state index in [2.05, 4.69) is 47.1 Å². The number of aryl methyl sites for hydroxylation is 2. The first-order chi connectivity index (χ1) is 12.8. The summed E-state index contributed by atoms with van der Waals surface area (Å²) in [7, 11) is 0. The van der Waals surface area contributed by atoms with Gasteiger partial charge in [-0.05, 0) is 56.6 Å². The molecular weight excluding hydrogens is 322 g/mol. The highest BCUT2D eigenvalue weighted by atomic mass is 16.1. The van der Waals surface area contributed by atoms with Crippen molar-refractivity contribution in [1.29, 1.82) is 0 Å². The topological polar surface area (TPSA) is 38.1 Å². The number of hydrogen-bond donors (Lipinski definition) is 0. The minimum absolute atomic E-state index is 0.0581. The van der Waals surface area contributed by atoms with E-state index < -0.39 is 0 Å². The Hall–Kier alpha value is -2.46. The predicted octanol–water partition coefficient (Wildman–Crippen LogP) is 3.74. The van der Waals surface area contributed by atoms with Crippen LogP contribution in [-0.2, 0) is 13.0 Å². The second kappa shape index (κ2) is 9.30. The summed E-state index contributed by atoms with van der Waals surface area (Å²) < 4.78 is 1.74. The fourth-order valence-corrected chi connectivity index (χ4v) is 3.31. The molecule has 4 heteroatoms. The van der Waals surface area contributed by atoms with Gasteiger partial charge in [0.15, 0.2) is 0 Å². The lowest BCUT2D eigenvalue weighted by molar-refractivity contribution is 0.275. The zero-order valence-corrected chi connectivity index (χ0v) is 15.5. The average molecular weight is 349 g/mol. The van der Waals surface area contributed by atoms with Crippen molar-refractivity contribution >= 4 is 10.9 Å². The summed E-state index contributed by atoms with van der Waals surface area (Å²) in [4.78, 5) is 19.4. The highest BCUT2D eigenvalue weighted by molar-refractivity contribution is 5.76. The molecule has 0 aliphatic carbocycles. The number of benzene rings is 2. The second-order valence-electron chi connectivity index (χ2n) is 6.64. The molecule has 0 aliphatic heterocycles. The van der Waals surface area contributed by atoms with Crippen LogP contribution in [0, 0.1) is 0 Å². The van der Waals surface area contributed by atoms with E-state index in [0.29, 0.717) is 11.9 Å². The third-order valence-electron chi connectivity index (χ3n) is 4.83. The van der Waals surface area contributed by atoms with Gasteiger partial charge in [-0.3, -0.25) is 9.36 Å². The van der Waals surface area contributed by atoms with E-state index in [1.54, 1.807) is 10.9 Å². The lowest BCUT2D eigenvalue weighted by Crippen LogP contribution is -2.28. The van der Waals surface area contributed by atoms with Crippen molar-refractivity contribution in [3.05, 3.63) is 76.8 Å². The fraction of sp³-hybridized carbons (Fsp3) is 0.364. The van der Waals surface area contributed by atoms with Crippen LogP contribution in [-0.4, -0.2) is 34.1 Å². The van der Waals surface area contributed by atoms with Gasteiger partial charge >= 0.3 is 0 Å². The van der Waals surface area contributed by atoms with Crippen LogP contribution < -0.4 is 5.56 Å². The van der Waals surface area contributed by atoms with Gasteiger partial charge in [0, 0.05) is 6.54 Å². The Morgan fingerprint density at radius 2 is 1.69 bits per heavy atom. The summed E-state index contributed by atoms with van der Waals surface area (Å²) in [6.07, 6.45) is 4.91. The first-order valence-corrected chi connectivity index (χ1v) is 9.48. The molecule has 26 heavy (non-hydrogen) atoms. The number of para-hydroxylation sites is 1. The van der Waals surface area contributed by atoms with Crippen LogP contribution >= 0.6 is 0 Å². The standard InChI is InChI=1S/C22H27N3O/c1-2-24(15-8-12-19-10-4-3-5-11-19)16-9-17-25-18-23-21-14-7-6-13-20(21)22(25)26/h3-7,10-11,13-14,18H,2,8-9,12,15-17H2,1H3. The molecule has 2 aromatic carbocycles. The van der Waals surface area contributed by atoms with Gasteiger partial charge in [-0.15, -0.1) is 0 Å². The smallest absolute Gasteiger partial charge is 0.261 e. The number of fused-ring (bicyclic) bond motifs is 1. The molecule has 4 nitrogen and oxygen atoms in total. The van der Waals surface area contributed by atoms with E-state index in [1.807, 2.05) is 24.3 Å². The maximum Gasteiger partial charge on any atom is 0.261 e. The number of nitrogens with zero attached hydrogens (tertiary/aromatic N) is 3. The molecule has 0 radical (unpaired) electrons. The first-order valence-electron chi connectivity index (χ1n) is 9.48. The fourth-order valence-electron chi connectivity index (χ4n) is 3.31. The maximum atomic E-state index is 12.5. The van der Waals surface area contributed by atoms with Gasteiger partial charge in [0.05, 0.1) is 17.2 Å². The van der Waals surface area contributed by atoms with E-state index in [4.69, 9.17) is 0 Å². The summed E-state index contributed by atoms with van der Waals surface area (Å²) in [6.45, 7) is 6.05. The van der Waals surface area contributed by atoms with E-state index in [1.165, 1.54) is 5.56 Å². The van der Waals surface area contributed by atoms with Gasteiger partial charge < -0.3 is 4.90 Å². The molecule has 0 fully saturated rings. The quantitative estimate of drug-likeness (QED) is 0.591. The molecule has 0 amide bonds. The van der Waals surface area contributed by atoms with Crippen LogP contribution in [0.15, 0.2) is 65.7 Å². The molecule has 1 aromatic heterocycles. The van der Waals surface area contributed by atoms with Crippen molar-refractivity contribution in [2.24, 2.45) is 0 Å². The SMILES string of the molecule is CCN(CCCc1ccccc1)CCCn1cnc2ccccc2c1=O. The zero-order valence-electron chi connectivity index (χ0n) is 15.5. The Morgan fingerprint density at radius 3 is 2.50 bits per heavy atom. The molecule has 136 valence electrons. The molecule has 0 unspecified atom stereocenters. The van der Waals surface area contributed by atoms with Gasteiger partial charge in [-0.25, -0.2) is 4.98 Å². The number of hydrogen-bond acceptors (Lipinski definition) is 3. The lowest BCUT2D eigenvalue weighted by Gasteiger charge is -2.20. The summed E-state index contributed by atoms with van der Waals surface area (Å²) in [5.74, 6) is 0.